The molecule has 37 heavy (non-hydrogen) atoms. The third kappa shape index (κ3) is 5.55. The number of aromatic nitrogens is 5. The summed E-state index contributed by atoms with van der Waals surface area (Å²) in [5, 5.41) is 13.9. The summed E-state index contributed by atoms with van der Waals surface area (Å²) in [6, 6.07) is 11.7. The third-order valence-electron chi connectivity index (χ3n) is 6.37. The van der Waals surface area contributed by atoms with Crippen LogP contribution in [0.1, 0.15) is 36.8 Å². The van der Waals surface area contributed by atoms with E-state index in [9.17, 15) is 18.0 Å². The lowest BCUT2D eigenvalue weighted by molar-refractivity contribution is -0.136. The maximum Gasteiger partial charge on any atom is 0.389 e. The summed E-state index contributed by atoms with van der Waals surface area (Å²) in [5.41, 5.74) is 3.82. The molecule has 0 saturated heterocycles. The molecule has 0 spiro atoms. The molecule has 0 aliphatic heterocycles. The first-order valence-corrected chi connectivity index (χ1v) is 11.9. The Bertz CT molecular complexity index is 1470. The fourth-order valence-electron chi connectivity index (χ4n) is 4.59. The zero-order chi connectivity index (χ0) is 26.0. The van der Waals surface area contributed by atoms with Crippen molar-refractivity contribution in [2.24, 2.45) is 0 Å². The van der Waals surface area contributed by atoms with Gasteiger partial charge in [-0.05, 0) is 72.2 Å². The molecule has 2 aromatic heterocycles. The molecular formula is C26H23F4N5O2. The minimum Gasteiger partial charge on any atom is -0.493 e. The molecule has 0 fully saturated rings. The smallest absolute Gasteiger partial charge is 0.389 e. The maximum atomic E-state index is 15.1. The van der Waals surface area contributed by atoms with Crippen LogP contribution in [0.5, 0.6) is 5.75 Å². The number of ether oxygens (including phenoxy) is 1. The molecule has 192 valence electrons. The van der Waals surface area contributed by atoms with Gasteiger partial charge in [0.1, 0.15) is 11.6 Å². The van der Waals surface area contributed by atoms with Crippen LogP contribution in [-0.2, 0) is 12.8 Å². The maximum absolute atomic E-state index is 15.1. The Hall–Kier alpha value is -4.02. The molecule has 7 nitrogen and oxygen atoms in total. The predicted octanol–water partition coefficient (Wildman–Crippen LogP) is 5.63. The predicted molar refractivity (Wildman–Crippen MR) is 128 cm³/mol. The van der Waals surface area contributed by atoms with Crippen LogP contribution in [0.3, 0.4) is 0 Å². The average molecular weight is 513 g/mol. The molecule has 2 aromatic carbocycles. The van der Waals surface area contributed by atoms with Crippen LogP contribution < -0.4 is 10.3 Å². The highest BCUT2D eigenvalue weighted by molar-refractivity contribution is 5.83. The molecule has 2 heterocycles. The Balaban J connectivity index is 1.50. The number of nitrogens with one attached hydrogen (secondary N) is 2. The minimum atomic E-state index is -4.27. The van der Waals surface area contributed by atoms with Gasteiger partial charge in [0.2, 0.25) is 5.82 Å². The highest BCUT2D eigenvalue weighted by Gasteiger charge is 2.26. The monoisotopic (exact) mass is 513 g/mol. The number of aromatic amines is 2. The molecule has 0 unspecified atom stereocenters. The molecule has 0 radical (unpaired) electrons. The van der Waals surface area contributed by atoms with Crippen molar-refractivity contribution < 1.29 is 22.3 Å². The Labute approximate surface area is 208 Å². The number of H-pyrrole nitrogens is 2. The van der Waals surface area contributed by atoms with Gasteiger partial charge in [0.15, 0.2) is 0 Å². The van der Waals surface area contributed by atoms with E-state index < -0.39 is 24.0 Å². The number of aryl methyl sites for hydroxylation is 2. The van der Waals surface area contributed by atoms with Gasteiger partial charge in [0, 0.05) is 23.6 Å². The molecule has 1 aliphatic carbocycles. The average Bonchev–Trinajstić information content (AvgIpc) is 3.40. The Morgan fingerprint density at radius 2 is 1.78 bits per heavy atom. The molecule has 2 N–H and O–H groups in total. The fraction of sp³-hybridized carbons (Fsp3) is 0.308. The first-order valence-electron chi connectivity index (χ1n) is 11.9. The number of tetrazole rings is 1. The number of pyridine rings is 1. The van der Waals surface area contributed by atoms with Gasteiger partial charge < -0.3 is 9.72 Å². The van der Waals surface area contributed by atoms with Crippen LogP contribution in [0.15, 0.2) is 47.3 Å². The van der Waals surface area contributed by atoms with E-state index in [1.807, 2.05) is 12.1 Å². The van der Waals surface area contributed by atoms with E-state index in [1.54, 1.807) is 6.07 Å². The number of rotatable bonds is 7. The fourth-order valence-corrected chi connectivity index (χ4v) is 4.59. The van der Waals surface area contributed by atoms with E-state index >= 15 is 4.39 Å². The van der Waals surface area contributed by atoms with Crippen molar-refractivity contribution >= 4 is 0 Å². The van der Waals surface area contributed by atoms with Gasteiger partial charge in [0.05, 0.1) is 17.9 Å². The number of hydrogen-bond donors (Lipinski definition) is 2. The number of fused-ring (bicyclic) bond motifs is 1. The Kier molecular flexibility index (Phi) is 6.77. The van der Waals surface area contributed by atoms with Gasteiger partial charge >= 0.3 is 6.18 Å². The Morgan fingerprint density at radius 3 is 2.51 bits per heavy atom. The number of hydrogen-bond acceptors (Lipinski definition) is 5. The highest BCUT2D eigenvalue weighted by atomic mass is 19.4. The summed E-state index contributed by atoms with van der Waals surface area (Å²) in [5.74, 6) is -0.472. The second-order valence-electron chi connectivity index (χ2n) is 8.94. The molecule has 5 rings (SSSR count). The van der Waals surface area contributed by atoms with E-state index in [1.165, 1.54) is 23.3 Å². The van der Waals surface area contributed by atoms with Crippen LogP contribution in [0.2, 0.25) is 0 Å². The standard InChI is InChI=1S/C26H23F4N5O2/c27-21-13-18(37-11-3-10-26(28,29)30)8-9-19(21)22-14-20(23(25(36)31-22)24-32-34-35-33-24)17-7-6-15-4-1-2-5-16(15)12-17/h6-9,12-14H,1-5,10-11H2,(H,31,36)(H,32,33,34,35). The molecule has 0 atom stereocenters. The third-order valence-corrected chi connectivity index (χ3v) is 6.37. The van der Waals surface area contributed by atoms with E-state index in [4.69, 9.17) is 4.74 Å². The van der Waals surface area contributed by atoms with Crippen LogP contribution in [0.4, 0.5) is 17.6 Å². The second kappa shape index (κ2) is 10.2. The molecule has 0 saturated carbocycles. The quantitative estimate of drug-likeness (QED) is 0.247. The first kappa shape index (κ1) is 24.7. The van der Waals surface area contributed by atoms with Crippen molar-refractivity contribution in [1.82, 2.24) is 25.6 Å². The van der Waals surface area contributed by atoms with Gasteiger partial charge in [-0.15, -0.1) is 10.2 Å². The van der Waals surface area contributed by atoms with Crippen LogP contribution in [-0.4, -0.2) is 38.4 Å². The SMILES string of the molecule is O=c1[nH]c(-c2ccc(OCCCC(F)(F)F)cc2F)cc(-c2ccc3c(c2)CCCC3)c1-c1nn[nH]n1. The summed E-state index contributed by atoms with van der Waals surface area (Å²) < 4.78 is 57.3. The Morgan fingerprint density at radius 1 is 0.973 bits per heavy atom. The lowest BCUT2D eigenvalue weighted by Gasteiger charge is -2.18. The van der Waals surface area contributed by atoms with E-state index in [-0.39, 0.29) is 41.4 Å². The van der Waals surface area contributed by atoms with E-state index in [0.29, 0.717) is 5.56 Å². The van der Waals surface area contributed by atoms with Gasteiger partial charge in [-0.2, -0.15) is 18.4 Å². The molecule has 0 amide bonds. The van der Waals surface area contributed by atoms with Crippen molar-refractivity contribution in [2.45, 2.75) is 44.7 Å². The summed E-state index contributed by atoms with van der Waals surface area (Å²) in [4.78, 5) is 15.9. The molecule has 1 aliphatic rings. The molecular weight excluding hydrogens is 490 g/mol. The topological polar surface area (TPSA) is 96.5 Å². The summed E-state index contributed by atoms with van der Waals surface area (Å²) in [6.45, 7) is -0.197. The normalized spacial score (nSPS) is 13.4. The summed E-state index contributed by atoms with van der Waals surface area (Å²) >= 11 is 0. The van der Waals surface area contributed by atoms with Crippen LogP contribution in [0, 0.1) is 5.82 Å². The highest BCUT2D eigenvalue weighted by Crippen LogP contribution is 2.34. The van der Waals surface area contributed by atoms with Gasteiger partial charge in [-0.3, -0.25) is 4.79 Å². The molecule has 11 heteroatoms. The van der Waals surface area contributed by atoms with Crippen molar-refractivity contribution in [3.05, 3.63) is 69.8 Å². The number of halogens is 4. The zero-order valence-corrected chi connectivity index (χ0v) is 19.7. The molecule has 0 bridgehead atoms. The largest absolute Gasteiger partial charge is 0.493 e. The first-order chi connectivity index (χ1) is 17.8. The van der Waals surface area contributed by atoms with Crippen LogP contribution in [0.25, 0.3) is 33.8 Å². The second-order valence-corrected chi connectivity index (χ2v) is 8.94. The van der Waals surface area contributed by atoms with Crippen molar-refractivity contribution in [1.29, 1.82) is 0 Å². The summed E-state index contributed by atoms with van der Waals surface area (Å²) in [6.07, 6.45) is -1.32. The van der Waals surface area contributed by atoms with E-state index in [2.05, 4.69) is 31.7 Å². The van der Waals surface area contributed by atoms with Gasteiger partial charge in [0.25, 0.3) is 5.56 Å². The number of benzene rings is 2. The number of nitrogens with zero attached hydrogens (tertiary/aromatic N) is 3. The number of alkyl halides is 3. The minimum absolute atomic E-state index is 0.101. The van der Waals surface area contributed by atoms with Crippen molar-refractivity contribution in [2.75, 3.05) is 6.61 Å². The van der Waals surface area contributed by atoms with Gasteiger partial charge in [-0.25, -0.2) is 4.39 Å². The van der Waals surface area contributed by atoms with E-state index in [0.717, 1.165) is 37.3 Å². The zero-order valence-electron chi connectivity index (χ0n) is 19.7. The lowest BCUT2D eigenvalue weighted by Crippen LogP contribution is -2.13. The van der Waals surface area contributed by atoms with Crippen molar-refractivity contribution in [3.63, 3.8) is 0 Å². The molecule has 4 aromatic rings. The van der Waals surface area contributed by atoms with Gasteiger partial charge in [-0.1, -0.05) is 18.2 Å². The van der Waals surface area contributed by atoms with Crippen molar-refractivity contribution in [3.8, 4) is 39.5 Å². The van der Waals surface area contributed by atoms with Crippen LogP contribution >= 0.6 is 0 Å². The summed E-state index contributed by atoms with van der Waals surface area (Å²) in [7, 11) is 0. The lowest BCUT2D eigenvalue weighted by atomic mass is 9.88.